The molecular weight excluding hydrogens is 256 g/mol. The Morgan fingerprint density at radius 3 is 2.45 bits per heavy atom. The minimum Gasteiger partial charge on any atom is -0.381 e. The van der Waals surface area contributed by atoms with Crippen LogP contribution in [-0.2, 0) is 14.3 Å². The Kier molecular flexibility index (Phi) is 5.02. The number of nitrogens with zero attached hydrogens (tertiary/aromatic N) is 1. The molecule has 2 amide bonds. The summed E-state index contributed by atoms with van der Waals surface area (Å²) in [6.45, 7) is 7.51. The van der Waals surface area contributed by atoms with Gasteiger partial charge in [0.25, 0.3) is 0 Å². The van der Waals surface area contributed by atoms with Gasteiger partial charge in [0.2, 0.25) is 11.8 Å². The van der Waals surface area contributed by atoms with Gasteiger partial charge in [-0.25, -0.2) is 0 Å². The van der Waals surface area contributed by atoms with Crippen molar-refractivity contribution in [2.45, 2.75) is 64.6 Å². The van der Waals surface area contributed by atoms with Crippen molar-refractivity contribution >= 4 is 11.8 Å². The molecule has 3 unspecified atom stereocenters. The van der Waals surface area contributed by atoms with Crippen molar-refractivity contribution in [2.75, 3.05) is 13.2 Å². The number of ether oxygens (including phenoxy) is 1. The van der Waals surface area contributed by atoms with Crippen LogP contribution in [0.3, 0.4) is 0 Å². The van der Waals surface area contributed by atoms with Gasteiger partial charge in [0.1, 0.15) is 12.1 Å². The van der Waals surface area contributed by atoms with E-state index in [0.29, 0.717) is 18.8 Å². The minimum absolute atomic E-state index is 0.00198. The van der Waals surface area contributed by atoms with Crippen LogP contribution in [0.15, 0.2) is 0 Å². The fourth-order valence-electron chi connectivity index (χ4n) is 3.36. The summed E-state index contributed by atoms with van der Waals surface area (Å²) < 4.78 is 5.40. The lowest BCUT2D eigenvalue weighted by molar-refractivity contribution is -0.154. The first-order valence-corrected chi connectivity index (χ1v) is 7.80. The lowest BCUT2D eigenvalue weighted by atomic mass is 9.89. The third-order valence-corrected chi connectivity index (χ3v) is 4.69. The molecule has 2 saturated heterocycles. The maximum absolute atomic E-state index is 12.6. The number of carbonyl (C=O) groups is 2. The molecule has 20 heavy (non-hydrogen) atoms. The molecule has 0 radical (unpaired) electrons. The molecule has 1 N–H and O–H groups in total. The number of amides is 2. The van der Waals surface area contributed by atoms with Crippen molar-refractivity contribution in [1.29, 1.82) is 0 Å². The third kappa shape index (κ3) is 2.82. The number of hydrogen-bond donors (Lipinski definition) is 1. The molecule has 0 aromatic heterocycles. The van der Waals surface area contributed by atoms with Crippen molar-refractivity contribution in [3.8, 4) is 0 Å². The van der Waals surface area contributed by atoms with E-state index in [2.05, 4.69) is 12.2 Å². The molecule has 0 aliphatic carbocycles. The Morgan fingerprint density at radius 1 is 1.25 bits per heavy atom. The van der Waals surface area contributed by atoms with Gasteiger partial charge >= 0.3 is 0 Å². The Balaban J connectivity index is 2.18. The average Bonchev–Trinajstić information content (AvgIpc) is 2.48. The van der Waals surface area contributed by atoms with Crippen LogP contribution in [0, 0.1) is 5.92 Å². The van der Waals surface area contributed by atoms with E-state index in [0.717, 1.165) is 26.1 Å². The summed E-state index contributed by atoms with van der Waals surface area (Å²) in [4.78, 5) is 26.7. The van der Waals surface area contributed by atoms with E-state index in [4.69, 9.17) is 4.74 Å². The lowest BCUT2D eigenvalue weighted by Crippen LogP contribution is -2.66. The number of hydrogen-bond acceptors (Lipinski definition) is 3. The van der Waals surface area contributed by atoms with Crippen LogP contribution in [0.1, 0.15) is 46.5 Å². The maximum Gasteiger partial charge on any atom is 0.246 e. The van der Waals surface area contributed by atoms with Gasteiger partial charge in [-0.05, 0) is 38.5 Å². The van der Waals surface area contributed by atoms with Crippen LogP contribution in [0.2, 0.25) is 0 Å². The average molecular weight is 282 g/mol. The Bertz CT molecular complexity index is 366. The third-order valence-electron chi connectivity index (χ3n) is 4.69. The molecule has 2 aliphatic heterocycles. The van der Waals surface area contributed by atoms with Crippen LogP contribution in [0.4, 0.5) is 0 Å². The molecule has 0 aromatic carbocycles. The first kappa shape index (κ1) is 15.3. The van der Waals surface area contributed by atoms with E-state index in [-0.39, 0.29) is 29.9 Å². The van der Waals surface area contributed by atoms with Crippen molar-refractivity contribution in [2.24, 2.45) is 5.92 Å². The smallest absolute Gasteiger partial charge is 0.246 e. The van der Waals surface area contributed by atoms with E-state index in [1.165, 1.54) is 0 Å². The summed E-state index contributed by atoms with van der Waals surface area (Å²) >= 11 is 0. The van der Waals surface area contributed by atoms with Crippen LogP contribution < -0.4 is 5.32 Å². The van der Waals surface area contributed by atoms with Gasteiger partial charge in [-0.15, -0.1) is 0 Å². The Labute approximate surface area is 121 Å². The summed E-state index contributed by atoms with van der Waals surface area (Å²) in [6, 6.07) is -0.563. The fourth-order valence-corrected chi connectivity index (χ4v) is 3.36. The fraction of sp³-hybridized carbons (Fsp3) is 0.867. The highest BCUT2D eigenvalue weighted by molar-refractivity contribution is 5.97. The zero-order chi connectivity index (χ0) is 14.7. The van der Waals surface area contributed by atoms with Crippen molar-refractivity contribution in [3.63, 3.8) is 0 Å². The first-order chi connectivity index (χ1) is 9.60. The quantitative estimate of drug-likeness (QED) is 0.846. The number of piperazine rings is 1. The Morgan fingerprint density at radius 2 is 1.90 bits per heavy atom. The van der Waals surface area contributed by atoms with E-state index in [1.54, 1.807) is 0 Å². The van der Waals surface area contributed by atoms with Crippen LogP contribution >= 0.6 is 0 Å². The second-order valence-electron chi connectivity index (χ2n) is 5.83. The van der Waals surface area contributed by atoms with Gasteiger partial charge in [0.05, 0.1) is 0 Å². The maximum atomic E-state index is 12.6. The van der Waals surface area contributed by atoms with Crippen LogP contribution in [0.5, 0.6) is 0 Å². The SMILES string of the molecule is CCC1NC(=O)C(CC)N(C(C)C2CCOCC2)C1=O. The highest BCUT2D eigenvalue weighted by Crippen LogP contribution is 2.27. The van der Waals surface area contributed by atoms with Gasteiger partial charge < -0.3 is 15.0 Å². The predicted octanol–water partition coefficient (Wildman–Crippen LogP) is 1.32. The van der Waals surface area contributed by atoms with Crippen LogP contribution in [-0.4, -0.2) is 48.1 Å². The number of nitrogens with one attached hydrogen (secondary N) is 1. The van der Waals surface area contributed by atoms with Crippen molar-refractivity contribution in [3.05, 3.63) is 0 Å². The van der Waals surface area contributed by atoms with Crippen molar-refractivity contribution < 1.29 is 14.3 Å². The highest BCUT2D eigenvalue weighted by atomic mass is 16.5. The molecule has 2 rings (SSSR count). The molecule has 3 atom stereocenters. The molecule has 114 valence electrons. The molecule has 2 heterocycles. The summed E-state index contributed by atoms with van der Waals surface area (Å²) in [5.74, 6) is 0.515. The van der Waals surface area contributed by atoms with E-state index in [9.17, 15) is 9.59 Å². The minimum atomic E-state index is -0.354. The van der Waals surface area contributed by atoms with E-state index in [1.807, 2.05) is 18.7 Å². The normalized spacial score (nSPS) is 30.2. The predicted molar refractivity (Wildman–Crippen MR) is 76.2 cm³/mol. The highest BCUT2D eigenvalue weighted by Gasteiger charge is 2.42. The van der Waals surface area contributed by atoms with E-state index < -0.39 is 0 Å². The van der Waals surface area contributed by atoms with E-state index >= 15 is 0 Å². The number of carbonyl (C=O) groups excluding carboxylic acids is 2. The van der Waals surface area contributed by atoms with Gasteiger partial charge in [0.15, 0.2) is 0 Å². The molecule has 2 fully saturated rings. The van der Waals surface area contributed by atoms with Gasteiger partial charge in [0, 0.05) is 19.3 Å². The Hall–Kier alpha value is -1.10. The van der Waals surface area contributed by atoms with Gasteiger partial charge in [-0.2, -0.15) is 0 Å². The largest absolute Gasteiger partial charge is 0.381 e. The second-order valence-corrected chi connectivity index (χ2v) is 5.83. The van der Waals surface area contributed by atoms with Gasteiger partial charge in [-0.1, -0.05) is 13.8 Å². The topological polar surface area (TPSA) is 58.6 Å². The monoisotopic (exact) mass is 282 g/mol. The standard InChI is InChI=1S/C15H26N2O3/c1-4-12-15(19)17(13(5-2)14(18)16-12)10(3)11-6-8-20-9-7-11/h10-13H,4-9H2,1-3H3,(H,16,18). The molecule has 5 heteroatoms. The summed E-state index contributed by atoms with van der Waals surface area (Å²) in [7, 11) is 0. The summed E-state index contributed by atoms with van der Waals surface area (Å²) in [5.41, 5.74) is 0. The molecule has 2 aliphatic rings. The number of rotatable bonds is 4. The zero-order valence-corrected chi connectivity index (χ0v) is 12.7. The zero-order valence-electron chi connectivity index (χ0n) is 12.7. The van der Waals surface area contributed by atoms with Gasteiger partial charge in [-0.3, -0.25) is 9.59 Å². The molecule has 0 aromatic rings. The molecule has 0 bridgehead atoms. The molecular formula is C15H26N2O3. The van der Waals surface area contributed by atoms with Crippen molar-refractivity contribution in [1.82, 2.24) is 10.2 Å². The molecule has 0 spiro atoms. The van der Waals surface area contributed by atoms with Crippen LogP contribution in [0.25, 0.3) is 0 Å². The summed E-state index contributed by atoms with van der Waals surface area (Å²) in [6.07, 6.45) is 3.26. The first-order valence-electron chi connectivity index (χ1n) is 7.80. The molecule has 5 nitrogen and oxygen atoms in total. The lowest BCUT2D eigenvalue weighted by Gasteiger charge is -2.45. The second kappa shape index (κ2) is 6.57. The summed E-state index contributed by atoms with van der Waals surface area (Å²) in [5, 5.41) is 2.85. The molecule has 0 saturated carbocycles.